The van der Waals surface area contributed by atoms with E-state index < -0.39 is 0 Å². The second kappa shape index (κ2) is 5.29. The van der Waals surface area contributed by atoms with Crippen molar-refractivity contribution in [3.05, 3.63) is 35.4 Å². The number of hydrogen-bond donors (Lipinski definition) is 2. The van der Waals surface area contributed by atoms with Gasteiger partial charge in [0.25, 0.3) is 0 Å². The zero-order chi connectivity index (χ0) is 12.3. The Bertz CT molecular complexity index is 389. The van der Waals surface area contributed by atoms with Crippen LogP contribution in [-0.4, -0.2) is 35.5 Å². The average molecular weight is 234 g/mol. The highest BCUT2D eigenvalue weighted by molar-refractivity contribution is 5.83. The van der Waals surface area contributed by atoms with Gasteiger partial charge < -0.3 is 15.3 Å². The molecule has 4 heteroatoms. The number of aliphatic hydroxyl groups excluding tert-OH is 1. The summed E-state index contributed by atoms with van der Waals surface area (Å²) in [5.74, 6) is 0.178. The van der Waals surface area contributed by atoms with E-state index in [1.165, 1.54) is 0 Å². The smallest absolute Gasteiger partial charge is 0.239 e. The van der Waals surface area contributed by atoms with Crippen molar-refractivity contribution in [1.29, 1.82) is 0 Å². The van der Waals surface area contributed by atoms with Crippen molar-refractivity contribution in [2.75, 3.05) is 13.6 Å². The highest BCUT2D eigenvalue weighted by atomic mass is 16.3. The van der Waals surface area contributed by atoms with E-state index in [0.717, 1.165) is 24.1 Å². The van der Waals surface area contributed by atoms with Crippen LogP contribution < -0.4 is 5.32 Å². The molecule has 0 bridgehead atoms. The van der Waals surface area contributed by atoms with Crippen molar-refractivity contribution in [1.82, 2.24) is 10.2 Å². The van der Waals surface area contributed by atoms with Gasteiger partial charge in [-0.3, -0.25) is 4.79 Å². The quantitative estimate of drug-likeness (QED) is 0.797. The maximum Gasteiger partial charge on any atom is 0.239 e. The predicted octanol–water partition coefficient (Wildman–Crippen LogP) is 0.499. The molecule has 92 valence electrons. The molecule has 0 aromatic heterocycles. The lowest BCUT2D eigenvalue weighted by Gasteiger charge is -2.12. The van der Waals surface area contributed by atoms with Gasteiger partial charge in [-0.2, -0.15) is 0 Å². The average Bonchev–Trinajstić information content (AvgIpc) is 2.68. The summed E-state index contributed by atoms with van der Waals surface area (Å²) in [7, 11) is 1.83. The first kappa shape index (κ1) is 12.1. The van der Waals surface area contributed by atoms with Gasteiger partial charge in [0.2, 0.25) is 5.91 Å². The van der Waals surface area contributed by atoms with Crippen LogP contribution in [-0.2, 0) is 17.9 Å². The molecule has 1 aliphatic heterocycles. The monoisotopic (exact) mass is 234 g/mol. The van der Waals surface area contributed by atoms with Crippen LogP contribution in [0.25, 0.3) is 0 Å². The maximum atomic E-state index is 11.7. The second-order valence-electron chi connectivity index (χ2n) is 4.46. The summed E-state index contributed by atoms with van der Waals surface area (Å²) in [4.78, 5) is 13.4. The molecular formula is C13H18N2O2. The van der Waals surface area contributed by atoms with Crippen LogP contribution in [0.15, 0.2) is 24.3 Å². The van der Waals surface area contributed by atoms with E-state index >= 15 is 0 Å². The molecule has 1 aliphatic rings. The van der Waals surface area contributed by atoms with Crippen LogP contribution in [0.5, 0.6) is 0 Å². The van der Waals surface area contributed by atoms with E-state index in [1.807, 2.05) is 31.3 Å². The first-order valence-electron chi connectivity index (χ1n) is 5.88. The van der Waals surface area contributed by atoms with Gasteiger partial charge in [0, 0.05) is 20.1 Å². The third-order valence-electron chi connectivity index (χ3n) is 3.19. The number of rotatable bonds is 4. The van der Waals surface area contributed by atoms with Crippen LogP contribution in [0, 0.1) is 0 Å². The van der Waals surface area contributed by atoms with E-state index in [1.54, 1.807) is 4.90 Å². The fourth-order valence-electron chi connectivity index (χ4n) is 2.02. The topological polar surface area (TPSA) is 52.6 Å². The fraction of sp³-hybridized carbons (Fsp3) is 0.462. The van der Waals surface area contributed by atoms with Gasteiger partial charge in [-0.15, -0.1) is 0 Å². The standard InChI is InChI=1S/C13H18N2O2/c1-15-7-6-12(13(15)17)14-8-10-2-4-11(9-16)5-3-10/h2-5,12,14,16H,6-9H2,1H3. The molecule has 0 radical (unpaired) electrons. The summed E-state index contributed by atoms with van der Waals surface area (Å²) in [5, 5.41) is 12.2. The number of amides is 1. The van der Waals surface area contributed by atoms with Crippen LogP contribution in [0.1, 0.15) is 17.5 Å². The van der Waals surface area contributed by atoms with Gasteiger partial charge in [-0.1, -0.05) is 24.3 Å². The third kappa shape index (κ3) is 2.84. The number of nitrogens with one attached hydrogen (secondary N) is 1. The molecule has 2 rings (SSSR count). The van der Waals surface area contributed by atoms with E-state index in [-0.39, 0.29) is 18.6 Å². The minimum Gasteiger partial charge on any atom is -0.392 e. The van der Waals surface area contributed by atoms with Crippen LogP contribution in [0.4, 0.5) is 0 Å². The molecule has 1 fully saturated rings. The number of benzene rings is 1. The Morgan fingerprint density at radius 1 is 1.35 bits per heavy atom. The molecule has 1 heterocycles. The van der Waals surface area contributed by atoms with Gasteiger partial charge in [0.15, 0.2) is 0 Å². The van der Waals surface area contributed by atoms with Gasteiger partial charge in [-0.25, -0.2) is 0 Å². The number of nitrogens with zero attached hydrogens (tertiary/aromatic N) is 1. The summed E-state index contributed by atoms with van der Waals surface area (Å²) in [6.45, 7) is 1.59. The highest BCUT2D eigenvalue weighted by Gasteiger charge is 2.28. The van der Waals surface area contributed by atoms with E-state index in [4.69, 9.17) is 5.11 Å². The Morgan fingerprint density at radius 2 is 2.00 bits per heavy atom. The lowest BCUT2D eigenvalue weighted by atomic mass is 10.1. The molecule has 2 N–H and O–H groups in total. The minimum atomic E-state index is -0.0440. The Balaban J connectivity index is 1.87. The number of carbonyl (C=O) groups is 1. The summed E-state index contributed by atoms with van der Waals surface area (Å²) < 4.78 is 0. The summed E-state index contributed by atoms with van der Waals surface area (Å²) in [5.41, 5.74) is 2.04. The maximum absolute atomic E-state index is 11.7. The van der Waals surface area contributed by atoms with Crippen molar-refractivity contribution in [3.8, 4) is 0 Å². The van der Waals surface area contributed by atoms with Crippen molar-refractivity contribution in [2.45, 2.75) is 25.6 Å². The van der Waals surface area contributed by atoms with Gasteiger partial charge in [-0.05, 0) is 17.5 Å². The summed E-state index contributed by atoms with van der Waals surface area (Å²) in [6, 6.07) is 7.71. The summed E-state index contributed by atoms with van der Waals surface area (Å²) >= 11 is 0. The predicted molar refractivity (Wildman–Crippen MR) is 65.2 cm³/mol. The third-order valence-corrected chi connectivity index (χ3v) is 3.19. The lowest BCUT2D eigenvalue weighted by Crippen LogP contribution is -2.36. The molecule has 0 aliphatic carbocycles. The summed E-state index contributed by atoms with van der Waals surface area (Å²) in [6.07, 6.45) is 0.879. The zero-order valence-electron chi connectivity index (χ0n) is 10.0. The van der Waals surface area contributed by atoms with Gasteiger partial charge in [0.05, 0.1) is 12.6 Å². The molecule has 0 saturated carbocycles. The Labute approximate surface area is 101 Å². The van der Waals surface area contributed by atoms with E-state index in [2.05, 4.69) is 5.32 Å². The normalized spacial score (nSPS) is 20.0. The molecular weight excluding hydrogens is 216 g/mol. The zero-order valence-corrected chi connectivity index (χ0v) is 10.0. The lowest BCUT2D eigenvalue weighted by molar-refractivity contribution is -0.128. The molecule has 17 heavy (non-hydrogen) atoms. The number of hydrogen-bond acceptors (Lipinski definition) is 3. The highest BCUT2D eigenvalue weighted by Crippen LogP contribution is 2.10. The minimum absolute atomic E-state index is 0.0440. The van der Waals surface area contributed by atoms with E-state index in [0.29, 0.717) is 6.54 Å². The number of likely N-dealkylation sites (tertiary alicyclic amines) is 1. The molecule has 1 aromatic rings. The fourth-order valence-corrected chi connectivity index (χ4v) is 2.02. The molecule has 1 aromatic carbocycles. The first-order chi connectivity index (χ1) is 8.20. The van der Waals surface area contributed by atoms with Crippen molar-refractivity contribution in [2.24, 2.45) is 0 Å². The van der Waals surface area contributed by atoms with Gasteiger partial charge >= 0.3 is 0 Å². The second-order valence-corrected chi connectivity index (χ2v) is 4.46. The largest absolute Gasteiger partial charge is 0.392 e. The molecule has 1 unspecified atom stereocenters. The SMILES string of the molecule is CN1CCC(NCc2ccc(CO)cc2)C1=O. The van der Waals surface area contributed by atoms with Gasteiger partial charge in [0.1, 0.15) is 0 Å². The Kier molecular flexibility index (Phi) is 3.76. The molecule has 1 atom stereocenters. The number of likely N-dealkylation sites (N-methyl/N-ethyl adjacent to an activating group) is 1. The van der Waals surface area contributed by atoms with Crippen LogP contribution >= 0.6 is 0 Å². The number of carbonyl (C=O) groups excluding carboxylic acids is 1. The Hall–Kier alpha value is -1.39. The van der Waals surface area contributed by atoms with Crippen molar-refractivity contribution < 1.29 is 9.90 Å². The van der Waals surface area contributed by atoms with E-state index in [9.17, 15) is 4.79 Å². The van der Waals surface area contributed by atoms with Crippen molar-refractivity contribution >= 4 is 5.91 Å². The van der Waals surface area contributed by atoms with Crippen molar-refractivity contribution in [3.63, 3.8) is 0 Å². The Morgan fingerprint density at radius 3 is 2.53 bits per heavy atom. The molecule has 4 nitrogen and oxygen atoms in total. The number of aliphatic hydroxyl groups is 1. The van der Waals surface area contributed by atoms with Crippen LogP contribution in [0.3, 0.4) is 0 Å². The van der Waals surface area contributed by atoms with Crippen LogP contribution in [0.2, 0.25) is 0 Å². The molecule has 0 spiro atoms. The first-order valence-corrected chi connectivity index (χ1v) is 5.88. The molecule has 1 saturated heterocycles. The molecule has 1 amide bonds.